The largest absolute Gasteiger partial charge is 0.480 e. The first-order chi connectivity index (χ1) is 12.7. The molecular weight excluding hydrogens is 362 g/mol. The molecule has 156 valence electrons. The van der Waals surface area contributed by atoms with Crippen LogP contribution in [0.2, 0.25) is 0 Å². The zero-order chi connectivity index (χ0) is 21.0. The van der Waals surface area contributed by atoms with Gasteiger partial charge in [0.25, 0.3) is 0 Å². The van der Waals surface area contributed by atoms with Gasteiger partial charge in [0, 0.05) is 0 Å². The molecule has 10 N–H and O–H groups in total. The van der Waals surface area contributed by atoms with Gasteiger partial charge < -0.3 is 42.7 Å². The number of carboxylic acids is 1. The predicted octanol–water partition coefficient (Wildman–Crippen LogP) is -4.01. The van der Waals surface area contributed by atoms with Gasteiger partial charge >= 0.3 is 5.97 Å². The zero-order valence-corrected chi connectivity index (χ0v) is 15.2. The molecule has 4 unspecified atom stereocenters. The summed E-state index contributed by atoms with van der Waals surface area (Å²) in [7, 11) is 0. The summed E-state index contributed by atoms with van der Waals surface area (Å²) in [6, 6.07) is -4.83. The van der Waals surface area contributed by atoms with Gasteiger partial charge in [-0.05, 0) is 32.7 Å². The molecule has 0 saturated heterocycles. The third-order valence-electron chi connectivity index (χ3n) is 3.66. The fourth-order valence-electron chi connectivity index (χ4n) is 1.99. The van der Waals surface area contributed by atoms with Crippen LogP contribution >= 0.6 is 0 Å². The number of aliphatic hydroxyl groups is 2. The topological polar surface area (TPSA) is 217 Å². The van der Waals surface area contributed by atoms with E-state index < -0.39 is 61.1 Å². The third-order valence-corrected chi connectivity index (χ3v) is 3.66. The Morgan fingerprint density at radius 2 is 1.48 bits per heavy atom. The van der Waals surface area contributed by atoms with E-state index in [-0.39, 0.29) is 6.42 Å². The summed E-state index contributed by atoms with van der Waals surface area (Å²) in [5, 5.41) is 33.5. The molecule has 0 bridgehead atoms. The number of carboxylic acid groups (broad SMARTS) is 1. The third kappa shape index (κ3) is 9.28. The Morgan fingerprint density at radius 3 is 1.96 bits per heavy atom. The maximum atomic E-state index is 12.4. The molecule has 0 spiro atoms. The van der Waals surface area contributed by atoms with Crippen molar-refractivity contribution in [2.45, 2.75) is 50.4 Å². The number of unbranched alkanes of at least 4 members (excludes halogenated alkanes) is 1. The molecule has 0 aromatic heterocycles. The second-order valence-corrected chi connectivity index (χ2v) is 5.95. The van der Waals surface area contributed by atoms with Gasteiger partial charge in [0.05, 0.1) is 13.2 Å². The van der Waals surface area contributed by atoms with Crippen molar-refractivity contribution in [3.8, 4) is 0 Å². The fraction of sp³-hybridized carbons (Fsp3) is 0.733. The lowest BCUT2D eigenvalue weighted by Gasteiger charge is -2.23. The first kappa shape index (κ1) is 24.7. The van der Waals surface area contributed by atoms with Crippen LogP contribution in [0.1, 0.15) is 26.2 Å². The van der Waals surface area contributed by atoms with Crippen LogP contribution < -0.4 is 27.4 Å². The van der Waals surface area contributed by atoms with Crippen molar-refractivity contribution in [1.29, 1.82) is 0 Å². The number of nitrogens with one attached hydrogen (secondary N) is 3. The highest BCUT2D eigenvalue weighted by atomic mass is 16.4. The molecule has 12 heteroatoms. The SMILES string of the molecule is CC(NC(=O)C(CCCCN)NC(=O)C(N)CO)C(=O)NC(CO)C(=O)O. The van der Waals surface area contributed by atoms with E-state index in [1.54, 1.807) is 0 Å². The van der Waals surface area contributed by atoms with E-state index >= 15 is 0 Å². The number of nitrogens with two attached hydrogens (primary N) is 2. The molecule has 27 heavy (non-hydrogen) atoms. The predicted molar refractivity (Wildman–Crippen MR) is 94.2 cm³/mol. The molecule has 12 nitrogen and oxygen atoms in total. The highest BCUT2D eigenvalue weighted by molar-refractivity contribution is 5.93. The molecule has 0 aliphatic rings. The summed E-state index contributed by atoms with van der Waals surface area (Å²) >= 11 is 0. The van der Waals surface area contributed by atoms with Gasteiger partial charge in [-0.2, -0.15) is 0 Å². The van der Waals surface area contributed by atoms with Gasteiger partial charge in [-0.25, -0.2) is 4.79 Å². The highest BCUT2D eigenvalue weighted by Gasteiger charge is 2.27. The van der Waals surface area contributed by atoms with Gasteiger partial charge in [0.2, 0.25) is 17.7 Å². The van der Waals surface area contributed by atoms with Crippen molar-refractivity contribution in [2.75, 3.05) is 19.8 Å². The van der Waals surface area contributed by atoms with E-state index in [0.29, 0.717) is 19.4 Å². The maximum Gasteiger partial charge on any atom is 0.328 e. The average Bonchev–Trinajstić information content (AvgIpc) is 2.63. The molecular formula is C15H29N5O7. The smallest absolute Gasteiger partial charge is 0.328 e. The van der Waals surface area contributed by atoms with E-state index in [1.807, 2.05) is 0 Å². The molecule has 3 amide bonds. The summed E-state index contributed by atoms with van der Waals surface area (Å²) in [5.74, 6) is -3.64. The summed E-state index contributed by atoms with van der Waals surface area (Å²) in [5.41, 5.74) is 10.8. The molecule has 4 atom stereocenters. The minimum absolute atomic E-state index is 0.232. The molecule has 0 fully saturated rings. The molecule has 0 saturated carbocycles. The van der Waals surface area contributed by atoms with Crippen LogP contribution in [-0.4, -0.2) is 82.9 Å². The second-order valence-electron chi connectivity index (χ2n) is 5.95. The molecule has 0 aromatic rings. The lowest BCUT2D eigenvalue weighted by molar-refractivity contribution is -0.143. The number of aliphatic carboxylic acids is 1. The average molecular weight is 391 g/mol. The van der Waals surface area contributed by atoms with Crippen LogP contribution in [-0.2, 0) is 19.2 Å². The fourth-order valence-corrected chi connectivity index (χ4v) is 1.99. The van der Waals surface area contributed by atoms with Gasteiger partial charge in [0.1, 0.15) is 24.2 Å². The summed E-state index contributed by atoms with van der Waals surface area (Å²) in [4.78, 5) is 47.0. The van der Waals surface area contributed by atoms with Crippen LogP contribution in [0, 0.1) is 0 Å². The van der Waals surface area contributed by atoms with Crippen LogP contribution in [0.5, 0.6) is 0 Å². The molecule has 0 aliphatic carbocycles. The lowest BCUT2D eigenvalue weighted by atomic mass is 10.1. The Balaban J connectivity index is 4.90. The van der Waals surface area contributed by atoms with Crippen molar-refractivity contribution in [3.63, 3.8) is 0 Å². The summed E-state index contributed by atoms with van der Waals surface area (Å²) < 4.78 is 0. The highest BCUT2D eigenvalue weighted by Crippen LogP contribution is 2.02. The number of aliphatic hydroxyl groups excluding tert-OH is 2. The van der Waals surface area contributed by atoms with Crippen LogP contribution in [0.4, 0.5) is 0 Å². The number of carbonyl (C=O) groups is 4. The summed E-state index contributed by atoms with van der Waals surface area (Å²) in [6.45, 7) is 0.314. The van der Waals surface area contributed by atoms with Gasteiger partial charge in [-0.15, -0.1) is 0 Å². The van der Waals surface area contributed by atoms with Crippen molar-refractivity contribution in [1.82, 2.24) is 16.0 Å². The van der Waals surface area contributed by atoms with Crippen molar-refractivity contribution in [2.24, 2.45) is 11.5 Å². The van der Waals surface area contributed by atoms with Crippen molar-refractivity contribution >= 4 is 23.7 Å². The first-order valence-electron chi connectivity index (χ1n) is 8.49. The monoisotopic (exact) mass is 391 g/mol. The Morgan fingerprint density at radius 1 is 0.889 bits per heavy atom. The standard InChI is InChI=1S/C15H29N5O7/c1-8(12(23)20-11(7-22)15(26)27)18-14(25)10(4-2-3-5-16)19-13(24)9(17)6-21/h8-11,21-22H,2-7,16-17H2,1H3,(H,18,25)(H,19,24)(H,20,23)(H,26,27). The number of rotatable bonds is 13. The number of hydrogen-bond donors (Lipinski definition) is 8. The van der Waals surface area contributed by atoms with Crippen molar-refractivity contribution < 1.29 is 34.5 Å². The Hall–Kier alpha value is -2.28. The van der Waals surface area contributed by atoms with E-state index in [4.69, 9.17) is 26.8 Å². The lowest BCUT2D eigenvalue weighted by Crippen LogP contribution is -2.57. The molecule has 0 heterocycles. The number of amides is 3. The minimum Gasteiger partial charge on any atom is -0.480 e. The Labute approximate surface area is 156 Å². The Kier molecular flexibility index (Phi) is 11.9. The van der Waals surface area contributed by atoms with E-state index in [0.717, 1.165) is 0 Å². The zero-order valence-electron chi connectivity index (χ0n) is 15.2. The minimum atomic E-state index is -1.50. The van der Waals surface area contributed by atoms with Crippen LogP contribution in [0.15, 0.2) is 0 Å². The quantitative estimate of drug-likeness (QED) is 0.143. The maximum absolute atomic E-state index is 12.4. The van der Waals surface area contributed by atoms with Gasteiger partial charge in [-0.3, -0.25) is 14.4 Å². The van der Waals surface area contributed by atoms with Crippen molar-refractivity contribution in [3.05, 3.63) is 0 Å². The van der Waals surface area contributed by atoms with E-state index in [9.17, 15) is 19.2 Å². The van der Waals surface area contributed by atoms with E-state index in [1.165, 1.54) is 6.92 Å². The van der Waals surface area contributed by atoms with Gasteiger partial charge in [-0.1, -0.05) is 0 Å². The summed E-state index contributed by atoms with van der Waals surface area (Å²) in [6.07, 6.45) is 1.36. The second kappa shape index (κ2) is 13.0. The van der Waals surface area contributed by atoms with Crippen LogP contribution in [0.25, 0.3) is 0 Å². The molecule has 0 rings (SSSR count). The number of hydrogen-bond acceptors (Lipinski definition) is 8. The Bertz CT molecular complexity index is 517. The van der Waals surface area contributed by atoms with E-state index in [2.05, 4.69) is 16.0 Å². The molecule has 0 aromatic carbocycles. The molecule has 0 aliphatic heterocycles. The first-order valence-corrected chi connectivity index (χ1v) is 8.49. The number of carbonyl (C=O) groups excluding carboxylic acids is 3. The van der Waals surface area contributed by atoms with Crippen LogP contribution in [0.3, 0.4) is 0 Å². The normalized spacial score (nSPS) is 15.1. The molecule has 0 radical (unpaired) electrons. The van der Waals surface area contributed by atoms with Gasteiger partial charge in [0.15, 0.2) is 0 Å².